The predicted octanol–water partition coefficient (Wildman–Crippen LogP) is 4.55. The third kappa shape index (κ3) is 3.65. The lowest BCUT2D eigenvalue weighted by Gasteiger charge is -2.19. The number of alkyl halides is 2. The van der Waals surface area contributed by atoms with Gasteiger partial charge >= 0.3 is 0 Å². The van der Waals surface area contributed by atoms with Crippen LogP contribution in [0.25, 0.3) is 16.9 Å². The van der Waals surface area contributed by atoms with Crippen molar-refractivity contribution in [2.45, 2.75) is 4.33 Å². The summed E-state index contributed by atoms with van der Waals surface area (Å²) < 4.78 is 15.0. The Kier molecular flexibility index (Phi) is 5.14. The molecule has 5 nitrogen and oxygen atoms in total. The molecule has 0 bridgehead atoms. The Labute approximate surface area is 173 Å². The van der Waals surface area contributed by atoms with Crippen molar-refractivity contribution < 1.29 is 4.39 Å². The van der Waals surface area contributed by atoms with Crippen molar-refractivity contribution >= 4 is 46.3 Å². The van der Waals surface area contributed by atoms with Crippen molar-refractivity contribution in [2.75, 3.05) is 5.75 Å². The van der Waals surface area contributed by atoms with Crippen LogP contribution < -0.4 is 5.56 Å². The van der Waals surface area contributed by atoms with E-state index in [-0.39, 0.29) is 16.9 Å². The molecule has 4 aromatic rings. The first-order valence-electron chi connectivity index (χ1n) is 8.23. The number of hydrogen-bond acceptors (Lipinski definition) is 4. The van der Waals surface area contributed by atoms with Crippen LogP contribution in [0.5, 0.6) is 0 Å². The summed E-state index contributed by atoms with van der Waals surface area (Å²) in [5.41, 5.74) is 1.55. The first-order valence-corrected chi connectivity index (χ1v) is 9.93. The second-order valence-electron chi connectivity index (χ2n) is 5.98. The van der Waals surface area contributed by atoms with Gasteiger partial charge in [-0.2, -0.15) is 0 Å². The summed E-state index contributed by atoms with van der Waals surface area (Å²) in [5, 5.41) is 0. The average molecular weight is 435 g/mol. The zero-order valence-electron chi connectivity index (χ0n) is 14.3. The number of rotatable bonds is 5. The molecule has 9 heteroatoms. The summed E-state index contributed by atoms with van der Waals surface area (Å²) in [6, 6.07) is 14.9. The molecule has 142 valence electrons. The van der Waals surface area contributed by atoms with Crippen LogP contribution in [0.1, 0.15) is 5.56 Å². The van der Waals surface area contributed by atoms with Crippen molar-refractivity contribution in [3.8, 4) is 5.69 Å². The first kappa shape index (κ1) is 19.0. The van der Waals surface area contributed by atoms with Crippen LogP contribution in [0.2, 0.25) is 0 Å². The monoisotopic (exact) mass is 434 g/mol. The maximum absolute atomic E-state index is 13.1. The number of fused-ring (bicyclic) bond motifs is 1. The molecule has 2 aromatic heterocycles. The molecular formula is C19H13Cl2FN4OS. The lowest BCUT2D eigenvalue weighted by atomic mass is 10.2. The molecule has 0 unspecified atom stereocenters. The van der Waals surface area contributed by atoms with E-state index in [1.165, 1.54) is 53.4 Å². The van der Waals surface area contributed by atoms with Crippen LogP contribution in [0.4, 0.5) is 4.39 Å². The molecule has 0 saturated heterocycles. The van der Waals surface area contributed by atoms with Gasteiger partial charge < -0.3 is 0 Å². The molecule has 2 aromatic carbocycles. The Morgan fingerprint density at radius 3 is 2.43 bits per heavy atom. The Morgan fingerprint density at radius 2 is 1.71 bits per heavy atom. The molecule has 2 heterocycles. The van der Waals surface area contributed by atoms with Crippen LogP contribution in [0.3, 0.4) is 0 Å². The number of aromatic nitrogens is 4. The van der Waals surface area contributed by atoms with Crippen LogP contribution in [-0.4, -0.2) is 24.3 Å². The van der Waals surface area contributed by atoms with Gasteiger partial charge in [0.15, 0.2) is 15.5 Å². The average Bonchev–Trinajstić information content (AvgIpc) is 3.12. The number of halogens is 3. The molecule has 4 rings (SSSR count). The van der Waals surface area contributed by atoms with Crippen LogP contribution >= 0.6 is 35.1 Å². The van der Waals surface area contributed by atoms with E-state index < -0.39 is 4.33 Å². The van der Waals surface area contributed by atoms with Crippen LogP contribution in [0.15, 0.2) is 72.0 Å². The highest BCUT2D eigenvalue weighted by Gasteiger charge is 2.27. The highest BCUT2D eigenvalue weighted by atomic mass is 35.5. The summed E-state index contributed by atoms with van der Waals surface area (Å²) in [5.74, 6) is -0.0514. The van der Waals surface area contributed by atoms with Gasteiger partial charge in [-0.05, 0) is 41.8 Å². The fourth-order valence-electron chi connectivity index (χ4n) is 2.67. The predicted molar refractivity (Wildman–Crippen MR) is 111 cm³/mol. The van der Waals surface area contributed by atoms with Gasteiger partial charge in [-0.15, -0.1) is 0 Å². The van der Waals surface area contributed by atoms with Gasteiger partial charge in [0.1, 0.15) is 18.5 Å². The smallest absolute Gasteiger partial charge is 0.266 e. The molecule has 0 radical (unpaired) electrons. The SMILES string of the molecule is O=c1c2ncn(SCC(Cl)(Cl)c3ccccc3)c2ncn1-c1ccc(F)cc1. The topological polar surface area (TPSA) is 52.7 Å². The van der Waals surface area contributed by atoms with Crippen molar-refractivity contribution in [3.05, 3.63) is 89.0 Å². The summed E-state index contributed by atoms with van der Waals surface area (Å²) in [7, 11) is 0. The minimum absolute atomic E-state index is 0.203. The van der Waals surface area contributed by atoms with Gasteiger partial charge in [0.05, 0.1) is 11.4 Å². The summed E-state index contributed by atoms with van der Waals surface area (Å²) in [6.45, 7) is 0. The van der Waals surface area contributed by atoms with Crippen molar-refractivity contribution in [1.82, 2.24) is 18.5 Å². The van der Waals surface area contributed by atoms with Crippen molar-refractivity contribution in [2.24, 2.45) is 0 Å². The fraction of sp³-hybridized carbons (Fsp3) is 0.105. The standard InChI is InChI=1S/C19H13Cl2FN4OS/c20-19(21,13-4-2-1-3-5-13)10-28-26-12-23-16-17(26)24-11-25(18(16)27)15-8-6-14(22)7-9-15/h1-9,11-12H,10H2. The third-order valence-corrected chi connectivity index (χ3v) is 6.24. The molecule has 0 fully saturated rings. The zero-order chi connectivity index (χ0) is 19.7. The van der Waals surface area contributed by atoms with E-state index >= 15 is 0 Å². The van der Waals surface area contributed by atoms with Crippen LogP contribution in [-0.2, 0) is 4.33 Å². The molecule has 0 aliphatic heterocycles. The second kappa shape index (κ2) is 7.58. The van der Waals surface area contributed by atoms with Gasteiger partial charge in [-0.25, -0.2) is 14.4 Å². The molecule has 0 spiro atoms. The largest absolute Gasteiger partial charge is 0.286 e. The maximum Gasteiger partial charge on any atom is 0.286 e. The van der Waals surface area contributed by atoms with Gasteiger partial charge in [0, 0.05) is 0 Å². The summed E-state index contributed by atoms with van der Waals surface area (Å²) in [4.78, 5) is 21.3. The van der Waals surface area contributed by atoms with E-state index in [0.29, 0.717) is 17.1 Å². The van der Waals surface area contributed by atoms with E-state index in [9.17, 15) is 9.18 Å². The van der Waals surface area contributed by atoms with Gasteiger partial charge in [-0.3, -0.25) is 13.3 Å². The molecule has 0 aliphatic rings. The molecular weight excluding hydrogens is 422 g/mol. The first-order chi connectivity index (χ1) is 13.5. The highest BCUT2D eigenvalue weighted by Crippen LogP contribution is 2.37. The fourth-order valence-corrected chi connectivity index (χ4v) is 4.05. The van der Waals surface area contributed by atoms with E-state index in [0.717, 1.165) is 5.56 Å². The normalized spacial score (nSPS) is 11.8. The molecule has 0 amide bonds. The highest BCUT2D eigenvalue weighted by molar-refractivity contribution is 7.98. The second-order valence-corrected chi connectivity index (χ2v) is 8.41. The lowest BCUT2D eigenvalue weighted by molar-refractivity contribution is 0.627. The Bertz CT molecular complexity index is 1180. The Balaban J connectivity index is 1.62. The quantitative estimate of drug-likeness (QED) is 0.432. The minimum Gasteiger partial charge on any atom is -0.266 e. The van der Waals surface area contributed by atoms with E-state index in [1.54, 1.807) is 3.97 Å². The third-order valence-electron chi connectivity index (χ3n) is 4.11. The van der Waals surface area contributed by atoms with Gasteiger partial charge in [0.25, 0.3) is 5.56 Å². The molecule has 0 aliphatic carbocycles. The van der Waals surface area contributed by atoms with E-state index in [4.69, 9.17) is 23.2 Å². The minimum atomic E-state index is -1.11. The number of hydrogen-bond donors (Lipinski definition) is 0. The number of nitrogens with zero attached hydrogens (tertiary/aromatic N) is 4. The molecule has 28 heavy (non-hydrogen) atoms. The van der Waals surface area contributed by atoms with Crippen LogP contribution in [0, 0.1) is 5.82 Å². The number of imidazole rings is 1. The van der Waals surface area contributed by atoms with E-state index in [1.807, 2.05) is 30.3 Å². The molecule has 0 N–H and O–H groups in total. The van der Waals surface area contributed by atoms with Gasteiger partial charge in [0.2, 0.25) is 0 Å². The summed E-state index contributed by atoms with van der Waals surface area (Å²) >= 11 is 14.2. The Morgan fingerprint density at radius 1 is 1.00 bits per heavy atom. The Hall–Kier alpha value is -2.35. The molecule has 0 atom stereocenters. The maximum atomic E-state index is 13.1. The number of benzene rings is 2. The molecule has 0 saturated carbocycles. The van der Waals surface area contributed by atoms with E-state index in [2.05, 4.69) is 9.97 Å². The lowest BCUT2D eigenvalue weighted by Crippen LogP contribution is -2.19. The van der Waals surface area contributed by atoms with Gasteiger partial charge in [-0.1, -0.05) is 53.5 Å². The van der Waals surface area contributed by atoms with Crippen molar-refractivity contribution in [1.29, 1.82) is 0 Å². The summed E-state index contributed by atoms with van der Waals surface area (Å²) in [6.07, 6.45) is 2.90. The van der Waals surface area contributed by atoms with Crippen molar-refractivity contribution in [3.63, 3.8) is 0 Å². The zero-order valence-corrected chi connectivity index (χ0v) is 16.6.